The largest absolute Gasteiger partial charge is 0.369 e. The maximum Gasteiger partial charge on any atom is 0.231 e. The first-order valence-corrected chi connectivity index (χ1v) is 5.14. The quantitative estimate of drug-likeness (QED) is 0.688. The van der Waals surface area contributed by atoms with E-state index in [1.165, 1.54) is 12.8 Å². The first kappa shape index (κ1) is 10.5. The molecule has 3 heteroatoms. The molecule has 1 fully saturated rings. The van der Waals surface area contributed by atoms with Crippen LogP contribution >= 0.6 is 0 Å². The number of rotatable bonds is 5. The fourth-order valence-corrected chi connectivity index (χ4v) is 2.01. The normalized spacial score (nSPS) is 21.1. The second-order valence-electron chi connectivity index (χ2n) is 4.19. The zero-order chi connectivity index (χ0) is 9.84. The van der Waals surface area contributed by atoms with Gasteiger partial charge in [-0.05, 0) is 11.8 Å². The molecule has 1 rings (SSSR count). The fraction of sp³-hybridized carbons (Fsp3) is 0.900. The van der Waals surface area contributed by atoms with Crippen molar-refractivity contribution >= 4 is 5.91 Å². The minimum atomic E-state index is -0.207. The van der Waals surface area contributed by atoms with Gasteiger partial charge in [-0.2, -0.15) is 0 Å². The van der Waals surface area contributed by atoms with Crippen LogP contribution in [0.25, 0.3) is 0 Å². The van der Waals surface area contributed by atoms with Gasteiger partial charge >= 0.3 is 0 Å². The van der Waals surface area contributed by atoms with Gasteiger partial charge < -0.3 is 5.73 Å². The molecule has 1 saturated heterocycles. The number of hydrogen-bond acceptors (Lipinski definition) is 2. The van der Waals surface area contributed by atoms with E-state index in [1.807, 2.05) is 0 Å². The van der Waals surface area contributed by atoms with E-state index < -0.39 is 0 Å². The molecular formula is C10H20N2O. The van der Waals surface area contributed by atoms with Crippen molar-refractivity contribution in [2.24, 2.45) is 17.6 Å². The van der Waals surface area contributed by atoms with Gasteiger partial charge in [0.25, 0.3) is 0 Å². The van der Waals surface area contributed by atoms with Gasteiger partial charge in [-0.3, -0.25) is 9.69 Å². The van der Waals surface area contributed by atoms with Crippen molar-refractivity contribution in [2.45, 2.75) is 26.7 Å². The minimum Gasteiger partial charge on any atom is -0.369 e. The van der Waals surface area contributed by atoms with E-state index in [-0.39, 0.29) is 5.91 Å². The Balaban J connectivity index is 2.13. The Morgan fingerprint density at radius 1 is 1.62 bits per heavy atom. The number of nitrogens with two attached hydrogens (primary N) is 1. The predicted molar refractivity (Wildman–Crippen MR) is 53.2 cm³/mol. The Morgan fingerprint density at radius 2 is 2.23 bits per heavy atom. The molecule has 1 unspecified atom stereocenters. The highest BCUT2D eigenvalue weighted by atomic mass is 16.1. The SMILES string of the molecule is CCCC(C)C1CN(CC(N)=O)C1. The average molecular weight is 184 g/mol. The third kappa shape index (κ3) is 2.99. The number of carbonyl (C=O) groups excluding carboxylic acids is 1. The number of carbonyl (C=O) groups is 1. The number of amides is 1. The minimum absolute atomic E-state index is 0.207. The van der Waals surface area contributed by atoms with E-state index in [2.05, 4.69) is 18.7 Å². The highest BCUT2D eigenvalue weighted by Gasteiger charge is 2.30. The Bertz CT molecular complexity index is 176. The van der Waals surface area contributed by atoms with Crippen molar-refractivity contribution in [2.75, 3.05) is 19.6 Å². The molecule has 0 saturated carbocycles. The molecule has 3 nitrogen and oxygen atoms in total. The summed E-state index contributed by atoms with van der Waals surface area (Å²) in [6.07, 6.45) is 2.56. The zero-order valence-electron chi connectivity index (χ0n) is 8.62. The fourth-order valence-electron chi connectivity index (χ4n) is 2.01. The van der Waals surface area contributed by atoms with Gasteiger partial charge in [0, 0.05) is 13.1 Å². The van der Waals surface area contributed by atoms with Gasteiger partial charge in [-0.1, -0.05) is 26.7 Å². The number of primary amides is 1. The van der Waals surface area contributed by atoms with E-state index in [9.17, 15) is 4.79 Å². The van der Waals surface area contributed by atoms with Crippen LogP contribution in [0.2, 0.25) is 0 Å². The van der Waals surface area contributed by atoms with E-state index in [4.69, 9.17) is 5.73 Å². The van der Waals surface area contributed by atoms with Gasteiger partial charge in [0.1, 0.15) is 0 Å². The third-order valence-electron chi connectivity index (χ3n) is 2.91. The highest BCUT2D eigenvalue weighted by Crippen LogP contribution is 2.26. The molecule has 0 aromatic heterocycles. The number of hydrogen-bond donors (Lipinski definition) is 1. The van der Waals surface area contributed by atoms with Crippen LogP contribution in [0.15, 0.2) is 0 Å². The lowest BCUT2D eigenvalue weighted by atomic mass is 9.84. The van der Waals surface area contributed by atoms with Gasteiger partial charge in [0.15, 0.2) is 0 Å². The van der Waals surface area contributed by atoms with E-state index >= 15 is 0 Å². The topological polar surface area (TPSA) is 46.3 Å². The Kier molecular flexibility index (Phi) is 3.72. The molecule has 1 atom stereocenters. The van der Waals surface area contributed by atoms with Crippen LogP contribution in [-0.2, 0) is 4.79 Å². The smallest absolute Gasteiger partial charge is 0.231 e. The third-order valence-corrected chi connectivity index (χ3v) is 2.91. The maximum absolute atomic E-state index is 10.6. The highest BCUT2D eigenvalue weighted by molar-refractivity contribution is 5.76. The summed E-state index contributed by atoms with van der Waals surface area (Å²) in [4.78, 5) is 12.7. The van der Waals surface area contributed by atoms with Crippen molar-refractivity contribution in [3.8, 4) is 0 Å². The van der Waals surface area contributed by atoms with Crippen molar-refractivity contribution in [1.82, 2.24) is 4.90 Å². The van der Waals surface area contributed by atoms with Crippen LogP contribution in [0.5, 0.6) is 0 Å². The first-order chi connectivity index (χ1) is 6.13. The van der Waals surface area contributed by atoms with Gasteiger partial charge in [-0.15, -0.1) is 0 Å². The summed E-state index contributed by atoms with van der Waals surface area (Å²) < 4.78 is 0. The molecule has 0 spiro atoms. The van der Waals surface area contributed by atoms with Crippen molar-refractivity contribution < 1.29 is 4.79 Å². The first-order valence-electron chi connectivity index (χ1n) is 5.14. The summed E-state index contributed by atoms with van der Waals surface area (Å²) in [5, 5.41) is 0. The number of nitrogens with zero attached hydrogens (tertiary/aromatic N) is 1. The van der Waals surface area contributed by atoms with Crippen LogP contribution in [0, 0.1) is 11.8 Å². The van der Waals surface area contributed by atoms with Gasteiger partial charge in [0.05, 0.1) is 6.54 Å². The lowest BCUT2D eigenvalue weighted by molar-refractivity contribution is -0.121. The molecule has 0 radical (unpaired) electrons. The summed E-state index contributed by atoms with van der Waals surface area (Å²) in [6, 6.07) is 0. The summed E-state index contributed by atoms with van der Waals surface area (Å²) in [5.74, 6) is 1.38. The molecule has 76 valence electrons. The molecule has 0 aromatic rings. The van der Waals surface area contributed by atoms with Crippen LogP contribution in [0.1, 0.15) is 26.7 Å². The lowest BCUT2D eigenvalue weighted by Gasteiger charge is -2.41. The summed E-state index contributed by atoms with van der Waals surface area (Å²) in [5.41, 5.74) is 5.10. The second kappa shape index (κ2) is 4.61. The lowest BCUT2D eigenvalue weighted by Crippen LogP contribution is -2.52. The molecule has 13 heavy (non-hydrogen) atoms. The Morgan fingerprint density at radius 3 is 2.69 bits per heavy atom. The Hall–Kier alpha value is -0.570. The monoisotopic (exact) mass is 184 g/mol. The van der Waals surface area contributed by atoms with E-state index in [1.54, 1.807) is 0 Å². The zero-order valence-corrected chi connectivity index (χ0v) is 8.62. The molecule has 0 bridgehead atoms. The molecule has 2 N–H and O–H groups in total. The molecule has 1 aliphatic rings. The molecule has 0 aliphatic carbocycles. The maximum atomic E-state index is 10.6. The van der Waals surface area contributed by atoms with E-state index in [0.717, 1.165) is 24.9 Å². The van der Waals surface area contributed by atoms with Crippen molar-refractivity contribution in [3.63, 3.8) is 0 Å². The molecule has 1 aliphatic heterocycles. The van der Waals surface area contributed by atoms with Crippen molar-refractivity contribution in [1.29, 1.82) is 0 Å². The van der Waals surface area contributed by atoms with Crippen molar-refractivity contribution in [3.05, 3.63) is 0 Å². The van der Waals surface area contributed by atoms with Crippen LogP contribution < -0.4 is 5.73 Å². The van der Waals surface area contributed by atoms with E-state index in [0.29, 0.717) is 6.54 Å². The standard InChI is InChI=1S/C10H20N2O/c1-3-4-8(2)9-5-12(6-9)7-10(11)13/h8-9H,3-7H2,1-2H3,(H2,11,13). The predicted octanol–water partition coefficient (Wildman–Crippen LogP) is 0.840. The van der Waals surface area contributed by atoms with Gasteiger partial charge in [0.2, 0.25) is 5.91 Å². The van der Waals surface area contributed by atoms with Crippen LogP contribution in [0.3, 0.4) is 0 Å². The second-order valence-corrected chi connectivity index (χ2v) is 4.19. The summed E-state index contributed by atoms with van der Waals surface area (Å²) in [6.45, 7) is 7.08. The molecular weight excluding hydrogens is 164 g/mol. The summed E-state index contributed by atoms with van der Waals surface area (Å²) in [7, 11) is 0. The molecule has 0 aromatic carbocycles. The van der Waals surface area contributed by atoms with Crippen LogP contribution in [-0.4, -0.2) is 30.4 Å². The number of likely N-dealkylation sites (tertiary alicyclic amines) is 1. The molecule has 1 amide bonds. The average Bonchev–Trinajstić information content (AvgIpc) is 1.95. The Labute approximate surface area is 80.3 Å². The molecule has 1 heterocycles. The van der Waals surface area contributed by atoms with Gasteiger partial charge in [-0.25, -0.2) is 0 Å². The van der Waals surface area contributed by atoms with Crippen LogP contribution in [0.4, 0.5) is 0 Å². The summed E-state index contributed by atoms with van der Waals surface area (Å²) >= 11 is 0.